The van der Waals surface area contributed by atoms with Crippen LogP contribution < -0.4 is 0 Å². The maximum absolute atomic E-state index is 11.5. The molecule has 0 spiro atoms. The highest BCUT2D eigenvalue weighted by molar-refractivity contribution is 6.62. The van der Waals surface area contributed by atoms with Crippen molar-refractivity contribution < 1.29 is 24.0 Å². The van der Waals surface area contributed by atoms with Gasteiger partial charge in [-0.2, -0.15) is 4.79 Å². The van der Waals surface area contributed by atoms with Gasteiger partial charge < -0.3 is 10.3 Å². The van der Waals surface area contributed by atoms with E-state index in [1.54, 1.807) is 0 Å². The van der Waals surface area contributed by atoms with Crippen molar-refractivity contribution in [2.24, 2.45) is 0 Å². The Balaban J connectivity index is 2.67. The molecule has 20 heavy (non-hydrogen) atoms. The van der Waals surface area contributed by atoms with E-state index >= 15 is 0 Å². The Morgan fingerprint density at radius 1 is 1.35 bits per heavy atom. The molecule has 8 nitrogen and oxygen atoms in total. The summed E-state index contributed by atoms with van der Waals surface area (Å²) in [5.41, 5.74) is 8.33. The molecule has 0 unspecified atom stereocenters. The van der Waals surface area contributed by atoms with Crippen LogP contribution in [0.15, 0.2) is 24.3 Å². The van der Waals surface area contributed by atoms with Crippen LogP contribution in [0.2, 0.25) is 0 Å². The summed E-state index contributed by atoms with van der Waals surface area (Å²) in [6.45, 7) is 1.32. The van der Waals surface area contributed by atoms with E-state index in [1.165, 1.54) is 31.2 Å². The second kappa shape index (κ2) is 6.91. The van der Waals surface area contributed by atoms with Gasteiger partial charge in [0.15, 0.2) is 0 Å². The van der Waals surface area contributed by atoms with E-state index in [4.69, 9.17) is 10.3 Å². The summed E-state index contributed by atoms with van der Waals surface area (Å²) in [6, 6.07) is 5.37. The van der Waals surface area contributed by atoms with Crippen LogP contribution in [0.3, 0.4) is 0 Å². The van der Waals surface area contributed by atoms with Crippen molar-refractivity contribution in [1.29, 1.82) is 0 Å². The highest BCUT2D eigenvalue weighted by Crippen LogP contribution is 2.12. The third-order valence-electron chi connectivity index (χ3n) is 2.40. The van der Waals surface area contributed by atoms with Gasteiger partial charge in [-0.05, 0) is 17.7 Å². The summed E-state index contributed by atoms with van der Waals surface area (Å²) in [4.78, 5) is 35.2. The summed E-state index contributed by atoms with van der Waals surface area (Å²) in [7, 11) is 0. The molecule has 1 aromatic rings. The SMILES string of the molecule is CCC(=O)C(=[N+]=[N-])C(=O)OCc1ccc([N+](=O)[O-])cc1. The molecular weight excluding hydrogens is 266 g/mol. The van der Waals surface area contributed by atoms with Crippen molar-refractivity contribution >= 4 is 23.2 Å². The van der Waals surface area contributed by atoms with Gasteiger partial charge in [-0.1, -0.05) is 6.92 Å². The van der Waals surface area contributed by atoms with Crippen molar-refractivity contribution in [3.63, 3.8) is 0 Å². The number of carbonyl (C=O) groups is 2. The average Bonchev–Trinajstić information content (AvgIpc) is 2.46. The average molecular weight is 277 g/mol. The fraction of sp³-hybridized carbons (Fsp3) is 0.250. The number of non-ortho nitro benzene ring substituents is 1. The monoisotopic (exact) mass is 277 g/mol. The maximum atomic E-state index is 11.5. The van der Waals surface area contributed by atoms with E-state index in [1.807, 2.05) is 0 Å². The predicted octanol–water partition coefficient (Wildman–Crippen LogP) is 1.29. The number of nitro benzene ring substituents is 1. The first-order valence-electron chi connectivity index (χ1n) is 5.65. The number of benzene rings is 1. The molecule has 0 radical (unpaired) electrons. The highest BCUT2D eigenvalue weighted by atomic mass is 16.6. The molecule has 0 fully saturated rings. The molecule has 0 aromatic heterocycles. The Morgan fingerprint density at radius 2 is 1.95 bits per heavy atom. The summed E-state index contributed by atoms with van der Waals surface area (Å²) >= 11 is 0. The minimum absolute atomic E-state index is 0.00598. The first-order valence-corrected chi connectivity index (χ1v) is 5.65. The van der Waals surface area contributed by atoms with Gasteiger partial charge in [0.2, 0.25) is 0 Å². The molecular formula is C12H11N3O5. The van der Waals surface area contributed by atoms with Gasteiger partial charge in [0.25, 0.3) is 11.5 Å². The Labute approximate surface area is 113 Å². The van der Waals surface area contributed by atoms with Gasteiger partial charge in [0, 0.05) is 18.6 Å². The van der Waals surface area contributed by atoms with E-state index in [-0.39, 0.29) is 18.7 Å². The molecule has 0 aliphatic carbocycles. The lowest BCUT2D eigenvalue weighted by atomic mass is 10.2. The molecule has 0 bridgehead atoms. The number of nitro groups is 1. The molecule has 0 aliphatic rings. The molecule has 0 atom stereocenters. The topological polar surface area (TPSA) is 123 Å². The van der Waals surface area contributed by atoms with Gasteiger partial charge in [-0.3, -0.25) is 14.9 Å². The van der Waals surface area contributed by atoms with Crippen molar-refractivity contribution in [3.05, 3.63) is 45.5 Å². The lowest BCUT2D eigenvalue weighted by molar-refractivity contribution is -0.384. The number of ether oxygens (including phenoxy) is 1. The Kier molecular flexibility index (Phi) is 5.25. The van der Waals surface area contributed by atoms with Crippen LogP contribution in [0.4, 0.5) is 5.69 Å². The Bertz CT molecular complexity index is 588. The van der Waals surface area contributed by atoms with Crippen LogP contribution in [0.25, 0.3) is 5.53 Å². The lowest BCUT2D eigenvalue weighted by Gasteiger charge is -2.01. The van der Waals surface area contributed by atoms with E-state index in [2.05, 4.69) is 4.79 Å². The van der Waals surface area contributed by atoms with Gasteiger partial charge >= 0.3 is 11.7 Å². The van der Waals surface area contributed by atoms with Gasteiger partial charge in [-0.15, -0.1) is 0 Å². The van der Waals surface area contributed by atoms with Crippen LogP contribution in [0.5, 0.6) is 0 Å². The number of rotatable bonds is 6. The second-order valence-electron chi connectivity index (χ2n) is 3.73. The fourth-order valence-electron chi connectivity index (χ4n) is 1.31. The van der Waals surface area contributed by atoms with Crippen molar-refractivity contribution in [2.75, 3.05) is 0 Å². The molecule has 0 aliphatic heterocycles. The minimum Gasteiger partial charge on any atom is -0.452 e. The molecule has 0 amide bonds. The summed E-state index contributed by atoms with van der Waals surface area (Å²) in [5, 5.41) is 10.5. The summed E-state index contributed by atoms with van der Waals surface area (Å²) < 4.78 is 4.78. The second-order valence-corrected chi connectivity index (χ2v) is 3.73. The van der Waals surface area contributed by atoms with Crippen LogP contribution >= 0.6 is 0 Å². The van der Waals surface area contributed by atoms with E-state index in [0.29, 0.717) is 5.56 Å². The van der Waals surface area contributed by atoms with Crippen LogP contribution in [-0.2, 0) is 20.9 Å². The summed E-state index contributed by atoms with van der Waals surface area (Å²) in [5.74, 6) is -1.68. The minimum atomic E-state index is -1.04. The van der Waals surface area contributed by atoms with Gasteiger partial charge in [0.05, 0.1) is 4.92 Å². The van der Waals surface area contributed by atoms with Crippen LogP contribution in [0, 0.1) is 10.1 Å². The standard InChI is InChI=1S/C12H11N3O5/c1-2-10(16)11(14-13)12(17)20-7-8-3-5-9(6-4-8)15(18)19/h3-6H,2,7H2,1H3. The zero-order valence-electron chi connectivity index (χ0n) is 10.6. The first-order chi connectivity index (χ1) is 9.49. The van der Waals surface area contributed by atoms with Crippen molar-refractivity contribution in [1.82, 2.24) is 0 Å². The predicted molar refractivity (Wildman–Crippen MR) is 66.8 cm³/mol. The molecule has 1 aromatic carbocycles. The fourth-order valence-corrected chi connectivity index (χ4v) is 1.31. The molecule has 8 heteroatoms. The first kappa shape index (κ1) is 15.2. The summed E-state index contributed by atoms with van der Waals surface area (Å²) in [6.07, 6.45) is 0.00598. The number of hydrogen-bond donors (Lipinski definition) is 0. The zero-order valence-corrected chi connectivity index (χ0v) is 10.6. The Hall–Kier alpha value is -2.86. The third kappa shape index (κ3) is 3.82. The van der Waals surface area contributed by atoms with Crippen molar-refractivity contribution in [2.45, 2.75) is 20.0 Å². The number of ketones is 1. The number of Topliss-reactive ketones (excluding diaryl/α,β-unsaturated/α-hetero) is 1. The molecule has 0 N–H and O–H groups in total. The highest BCUT2D eigenvalue weighted by Gasteiger charge is 2.29. The quantitative estimate of drug-likeness (QED) is 0.147. The number of carbonyl (C=O) groups excluding carboxylic acids is 2. The Morgan fingerprint density at radius 3 is 2.40 bits per heavy atom. The van der Waals surface area contributed by atoms with Crippen LogP contribution in [0.1, 0.15) is 18.9 Å². The number of nitrogens with zero attached hydrogens (tertiary/aromatic N) is 3. The van der Waals surface area contributed by atoms with Gasteiger partial charge in [0.1, 0.15) is 6.61 Å². The maximum Gasteiger partial charge on any atom is 0.441 e. The van der Waals surface area contributed by atoms with E-state index < -0.39 is 22.4 Å². The molecule has 104 valence electrons. The largest absolute Gasteiger partial charge is 0.452 e. The van der Waals surface area contributed by atoms with Crippen LogP contribution in [-0.4, -0.2) is 27.2 Å². The third-order valence-corrected chi connectivity index (χ3v) is 2.40. The normalized spacial score (nSPS) is 9.45. The number of hydrogen-bond acceptors (Lipinski definition) is 5. The molecule has 0 saturated carbocycles. The van der Waals surface area contributed by atoms with Crippen molar-refractivity contribution in [3.8, 4) is 0 Å². The number of esters is 1. The van der Waals surface area contributed by atoms with E-state index in [9.17, 15) is 19.7 Å². The smallest absolute Gasteiger partial charge is 0.441 e. The van der Waals surface area contributed by atoms with Gasteiger partial charge in [-0.25, -0.2) is 4.79 Å². The molecule has 1 rings (SSSR count). The zero-order chi connectivity index (χ0) is 15.1. The van der Waals surface area contributed by atoms with E-state index in [0.717, 1.165) is 0 Å². The molecule has 0 heterocycles. The molecule has 0 saturated heterocycles. The lowest BCUT2D eigenvalue weighted by Crippen LogP contribution is -2.26.